The Bertz CT molecular complexity index is 1040. The molecule has 28 heavy (non-hydrogen) atoms. The summed E-state index contributed by atoms with van der Waals surface area (Å²) in [6, 6.07) is 14.2. The van der Waals surface area contributed by atoms with Crippen molar-refractivity contribution in [2.45, 2.75) is 35.6 Å². The maximum absolute atomic E-state index is 14.3. The number of halogens is 1. The summed E-state index contributed by atoms with van der Waals surface area (Å²) in [6.45, 7) is -0.0277. The normalized spacial score (nSPS) is 26.5. The first kappa shape index (κ1) is 17.8. The average molecular weight is 402 g/mol. The first-order chi connectivity index (χ1) is 13.4. The largest absolute Gasteiger partial charge is 0.339 e. The zero-order chi connectivity index (χ0) is 19.5. The fourth-order valence-corrected chi connectivity index (χ4v) is 5.97. The molecule has 1 amide bonds. The maximum Gasteiger partial charge on any atom is 0.260 e. The van der Waals surface area contributed by atoms with Crippen LogP contribution in [0, 0.1) is 5.82 Å². The molecular formula is C20H19FN2O4S. The van der Waals surface area contributed by atoms with E-state index >= 15 is 0 Å². The zero-order valence-corrected chi connectivity index (χ0v) is 15.8. The van der Waals surface area contributed by atoms with E-state index in [1.165, 1.54) is 22.5 Å². The molecule has 0 saturated carbocycles. The van der Waals surface area contributed by atoms with Gasteiger partial charge in [0.2, 0.25) is 10.0 Å². The van der Waals surface area contributed by atoms with Gasteiger partial charge in [-0.3, -0.25) is 4.79 Å². The molecule has 3 aliphatic rings. The maximum atomic E-state index is 14.3. The summed E-state index contributed by atoms with van der Waals surface area (Å²) in [5.74, 6) is -0.591. The van der Waals surface area contributed by atoms with Crippen molar-refractivity contribution in [1.29, 1.82) is 0 Å². The van der Waals surface area contributed by atoms with Crippen LogP contribution < -0.4 is 0 Å². The van der Waals surface area contributed by atoms with Gasteiger partial charge >= 0.3 is 0 Å². The zero-order valence-electron chi connectivity index (χ0n) is 15.0. The van der Waals surface area contributed by atoms with Crippen molar-refractivity contribution in [2.24, 2.45) is 0 Å². The average Bonchev–Trinajstić information content (AvgIpc) is 3.20. The van der Waals surface area contributed by atoms with Gasteiger partial charge in [-0.05, 0) is 31.0 Å². The molecule has 0 aliphatic carbocycles. The Morgan fingerprint density at radius 2 is 1.68 bits per heavy atom. The lowest BCUT2D eigenvalue weighted by molar-refractivity contribution is -0.150. The van der Waals surface area contributed by atoms with Gasteiger partial charge in [0.15, 0.2) is 5.60 Å². The van der Waals surface area contributed by atoms with Crippen LogP contribution in [-0.2, 0) is 19.6 Å². The summed E-state index contributed by atoms with van der Waals surface area (Å²) in [5, 5.41) is 0. The number of fused-ring (bicyclic) bond motifs is 1. The van der Waals surface area contributed by atoms with E-state index in [2.05, 4.69) is 0 Å². The Hall–Kier alpha value is -2.29. The molecule has 3 heterocycles. The fourth-order valence-electron chi connectivity index (χ4n) is 4.41. The lowest BCUT2D eigenvalue weighted by Gasteiger charge is -2.44. The van der Waals surface area contributed by atoms with Crippen LogP contribution in [0.3, 0.4) is 0 Å². The number of carbonyl (C=O) groups excluding carboxylic acids is 1. The third-order valence-corrected chi connectivity index (χ3v) is 7.63. The number of rotatable bonds is 3. The van der Waals surface area contributed by atoms with Crippen LogP contribution in [0.4, 0.5) is 4.39 Å². The lowest BCUT2D eigenvalue weighted by Crippen LogP contribution is -2.67. The van der Waals surface area contributed by atoms with Crippen LogP contribution in [-0.4, -0.2) is 48.4 Å². The van der Waals surface area contributed by atoms with Gasteiger partial charge in [0, 0.05) is 5.56 Å². The minimum Gasteiger partial charge on any atom is -0.339 e. The van der Waals surface area contributed by atoms with Crippen LogP contribution >= 0.6 is 0 Å². The molecular weight excluding hydrogens is 383 g/mol. The van der Waals surface area contributed by atoms with Crippen molar-refractivity contribution in [3.05, 3.63) is 66.0 Å². The van der Waals surface area contributed by atoms with Gasteiger partial charge in [-0.1, -0.05) is 36.4 Å². The third-order valence-electron chi connectivity index (χ3n) is 5.83. The van der Waals surface area contributed by atoms with Gasteiger partial charge < -0.3 is 9.64 Å². The third kappa shape index (κ3) is 2.45. The molecule has 2 atom stereocenters. The molecule has 0 unspecified atom stereocenters. The Morgan fingerprint density at radius 3 is 2.39 bits per heavy atom. The molecule has 1 spiro atoms. The van der Waals surface area contributed by atoms with Crippen molar-refractivity contribution >= 4 is 15.9 Å². The molecule has 3 saturated heterocycles. The Morgan fingerprint density at radius 1 is 1.00 bits per heavy atom. The highest BCUT2D eigenvalue weighted by Gasteiger charge is 2.64. The topological polar surface area (TPSA) is 66.9 Å². The predicted octanol–water partition coefficient (Wildman–Crippen LogP) is 2.29. The molecule has 8 heteroatoms. The summed E-state index contributed by atoms with van der Waals surface area (Å²) < 4.78 is 47.0. The number of sulfonamides is 1. The Balaban J connectivity index is 1.38. The van der Waals surface area contributed by atoms with Crippen LogP contribution in [0.1, 0.15) is 24.4 Å². The molecule has 5 rings (SSSR count). The molecule has 0 radical (unpaired) electrons. The summed E-state index contributed by atoms with van der Waals surface area (Å²) in [5.41, 5.74) is -0.678. The van der Waals surface area contributed by atoms with Gasteiger partial charge in [-0.15, -0.1) is 0 Å². The molecule has 0 N–H and O–H groups in total. The van der Waals surface area contributed by atoms with E-state index in [-0.39, 0.29) is 35.8 Å². The number of hydrogen-bond acceptors (Lipinski definition) is 4. The Labute approximate surface area is 162 Å². The van der Waals surface area contributed by atoms with Crippen LogP contribution in [0.2, 0.25) is 0 Å². The summed E-state index contributed by atoms with van der Waals surface area (Å²) in [7, 11) is -3.66. The second kappa shape index (κ2) is 6.10. The standard InChI is InChI=1S/C20H19FN2O4S/c21-16-9-5-4-8-15(16)17-10-11-18-23(17)19(24)20(27-18)12-22(13-20)28(25,26)14-6-2-1-3-7-14/h1-9,17-18H,10-13H2/t17-,18+/m0/s1. The number of hydrogen-bond donors (Lipinski definition) is 0. The van der Waals surface area contributed by atoms with Gasteiger partial charge in [-0.25, -0.2) is 12.8 Å². The molecule has 0 bridgehead atoms. The van der Waals surface area contributed by atoms with Gasteiger partial charge in [0.1, 0.15) is 12.0 Å². The second-order valence-electron chi connectivity index (χ2n) is 7.48. The van der Waals surface area contributed by atoms with Gasteiger partial charge in [0.05, 0.1) is 24.0 Å². The molecule has 3 fully saturated rings. The van der Waals surface area contributed by atoms with E-state index in [1.54, 1.807) is 41.3 Å². The van der Waals surface area contributed by atoms with Crippen LogP contribution in [0.15, 0.2) is 59.5 Å². The number of ether oxygens (including phenoxy) is 1. The first-order valence-corrected chi connectivity index (χ1v) is 10.7. The van der Waals surface area contributed by atoms with Crippen molar-refractivity contribution in [3.8, 4) is 0 Å². The number of amides is 1. The SMILES string of the molecule is O=C1N2[C@@H](CC[C@H]2c2ccccc2F)OC12CN(S(=O)(=O)c1ccccc1)C2. The minimum atomic E-state index is -3.66. The molecule has 2 aromatic rings. The second-order valence-corrected chi connectivity index (χ2v) is 9.42. The smallest absolute Gasteiger partial charge is 0.260 e. The van der Waals surface area contributed by atoms with Crippen molar-refractivity contribution in [3.63, 3.8) is 0 Å². The summed E-state index contributed by atoms with van der Waals surface area (Å²) in [6.07, 6.45) is 0.802. The first-order valence-electron chi connectivity index (χ1n) is 9.23. The summed E-state index contributed by atoms with van der Waals surface area (Å²) >= 11 is 0. The number of benzene rings is 2. The number of nitrogens with zero attached hydrogens (tertiary/aromatic N) is 2. The fraction of sp³-hybridized carbons (Fsp3) is 0.350. The molecule has 0 aromatic heterocycles. The highest BCUT2D eigenvalue weighted by molar-refractivity contribution is 7.89. The predicted molar refractivity (Wildman–Crippen MR) is 98.0 cm³/mol. The van der Waals surface area contributed by atoms with Crippen molar-refractivity contribution in [2.75, 3.05) is 13.1 Å². The monoisotopic (exact) mass is 402 g/mol. The van der Waals surface area contributed by atoms with E-state index in [4.69, 9.17) is 4.74 Å². The van der Waals surface area contributed by atoms with E-state index in [9.17, 15) is 17.6 Å². The van der Waals surface area contributed by atoms with E-state index in [0.29, 0.717) is 18.4 Å². The van der Waals surface area contributed by atoms with Crippen LogP contribution in [0.25, 0.3) is 0 Å². The van der Waals surface area contributed by atoms with Crippen molar-refractivity contribution in [1.82, 2.24) is 9.21 Å². The quantitative estimate of drug-likeness (QED) is 0.790. The van der Waals surface area contributed by atoms with E-state index in [1.807, 2.05) is 0 Å². The molecule has 146 valence electrons. The molecule has 6 nitrogen and oxygen atoms in total. The number of carbonyl (C=O) groups is 1. The van der Waals surface area contributed by atoms with Crippen molar-refractivity contribution < 1.29 is 22.3 Å². The molecule has 3 aliphatic heterocycles. The molecule has 2 aromatic carbocycles. The summed E-state index contributed by atoms with van der Waals surface area (Å²) in [4.78, 5) is 14.9. The van der Waals surface area contributed by atoms with Gasteiger partial charge in [0.25, 0.3) is 5.91 Å². The minimum absolute atomic E-state index is 0.0138. The van der Waals surface area contributed by atoms with E-state index in [0.717, 1.165) is 0 Å². The van der Waals surface area contributed by atoms with Crippen LogP contribution in [0.5, 0.6) is 0 Å². The Kier molecular flexibility index (Phi) is 3.88. The van der Waals surface area contributed by atoms with Gasteiger partial charge in [-0.2, -0.15) is 4.31 Å². The highest BCUT2D eigenvalue weighted by atomic mass is 32.2. The lowest BCUT2D eigenvalue weighted by atomic mass is 9.94. The van der Waals surface area contributed by atoms with E-state index < -0.39 is 21.9 Å². The highest BCUT2D eigenvalue weighted by Crippen LogP contribution is 2.48.